The van der Waals surface area contributed by atoms with Gasteiger partial charge >= 0.3 is 0 Å². The van der Waals surface area contributed by atoms with Crippen LogP contribution in [0.5, 0.6) is 5.75 Å². The van der Waals surface area contributed by atoms with Gasteiger partial charge in [0.1, 0.15) is 22.9 Å². The summed E-state index contributed by atoms with van der Waals surface area (Å²) in [5, 5.41) is 9.42. The third-order valence-electron chi connectivity index (χ3n) is 4.12. The summed E-state index contributed by atoms with van der Waals surface area (Å²) >= 11 is 0. The Morgan fingerprint density at radius 1 is 1.24 bits per heavy atom. The molecular weight excluding hydrogens is 387 g/mol. The summed E-state index contributed by atoms with van der Waals surface area (Å²) in [7, 11) is 0. The Balaban J connectivity index is 0.00000117. The van der Waals surface area contributed by atoms with E-state index < -0.39 is 30.8 Å². The van der Waals surface area contributed by atoms with Crippen LogP contribution >= 0.6 is 0 Å². The normalized spacial score (nSPS) is 16.3. The van der Waals surface area contributed by atoms with E-state index >= 15 is 0 Å². The van der Waals surface area contributed by atoms with Crippen LogP contribution in [0.15, 0.2) is 36.7 Å². The molecule has 1 aliphatic rings. The predicted molar refractivity (Wildman–Crippen MR) is 101 cm³/mol. The number of anilines is 1. The zero-order valence-electron chi connectivity index (χ0n) is 15.8. The van der Waals surface area contributed by atoms with E-state index in [1.165, 1.54) is 22.8 Å². The fraction of sp³-hybridized carbons (Fsp3) is 0.316. The van der Waals surface area contributed by atoms with Crippen molar-refractivity contribution in [1.82, 2.24) is 19.9 Å². The Hall–Kier alpha value is -3.30. The number of fused-ring (bicyclic) bond motifs is 2. The number of ether oxygens (including phenoxy) is 1. The SMILES string of the molecule is CC.O=C1NCC(C(F)F)Oc2ccc(F)cc2CNc2ccn3ncc1c3n2. The van der Waals surface area contributed by atoms with Crippen molar-refractivity contribution in [2.75, 3.05) is 11.9 Å². The summed E-state index contributed by atoms with van der Waals surface area (Å²) in [4.78, 5) is 16.7. The number of halogens is 3. The van der Waals surface area contributed by atoms with Gasteiger partial charge in [-0.15, -0.1) is 0 Å². The van der Waals surface area contributed by atoms with Gasteiger partial charge in [-0.1, -0.05) is 13.8 Å². The molecule has 1 unspecified atom stereocenters. The Kier molecular flexibility index (Phi) is 6.20. The number of aromatic nitrogens is 3. The Morgan fingerprint density at radius 2 is 2.03 bits per heavy atom. The minimum atomic E-state index is -2.85. The maximum atomic E-state index is 13.6. The monoisotopic (exact) mass is 407 g/mol. The molecule has 0 radical (unpaired) electrons. The molecule has 0 fully saturated rings. The van der Waals surface area contributed by atoms with E-state index in [0.717, 1.165) is 6.07 Å². The molecule has 7 nitrogen and oxygen atoms in total. The molecule has 0 saturated heterocycles. The molecule has 4 rings (SSSR count). The Morgan fingerprint density at radius 3 is 2.79 bits per heavy atom. The van der Waals surface area contributed by atoms with Gasteiger partial charge in [0.15, 0.2) is 11.8 Å². The molecule has 2 aromatic heterocycles. The van der Waals surface area contributed by atoms with Gasteiger partial charge in [0.2, 0.25) is 0 Å². The first-order chi connectivity index (χ1) is 14.0. The fourth-order valence-corrected chi connectivity index (χ4v) is 2.75. The first-order valence-corrected chi connectivity index (χ1v) is 9.11. The van der Waals surface area contributed by atoms with E-state index in [1.807, 2.05) is 13.8 Å². The van der Waals surface area contributed by atoms with Crippen molar-refractivity contribution >= 4 is 17.4 Å². The molecule has 154 valence electrons. The van der Waals surface area contributed by atoms with Gasteiger partial charge in [0.05, 0.1) is 12.7 Å². The quantitative estimate of drug-likeness (QED) is 0.647. The van der Waals surface area contributed by atoms with E-state index in [4.69, 9.17) is 4.74 Å². The van der Waals surface area contributed by atoms with E-state index in [9.17, 15) is 18.0 Å². The number of carbonyl (C=O) groups excluding carboxylic acids is 1. The molecule has 10 heteroatoms. The van der Waals surface area contributed by atoms with Gasteiger partial charge in [0, 0.05) is 18.3 Å². The summed E-state index contributed by atoms with van der Waals surface area (Å²) in [5.41, 5.74) is 0.766. The average molecular weight is 407 g/mol. The van der Waals surface area contributed by atoms with Crippen molar-refractivity contribution in [3.8, 4) is 5.75 Å². The summed E-state index contributed by atoms with van der Waals surface area (Å²) in [6, 6.07) is 5.24. The lowest BCUT2D eigenvalue weighted by Crippen LogP contribution is -2.39. The molecule has 3 aromatic rings. The number of rotatable bonds is 1. The minimum Gasteiger partial charge on any atom is -0.482 e. The molecule has 29 heavy (non-hydrogen) atoms. The second-order valence-electron chi connectivity index (χ2n) is 5.95. The first-order valence-electron chi connectivity index (χ1n) is 9.11. The molecule has 2 N–H and O–H groups in total. The van der Waals surface area contributed by atoms with Gasteiger partial charge in [-0.2, -0.15) is 5.10 Å². The summed E-state index contributed by atoms with van der Waals surface area (Å²) in [5.74, 6) is -0.599. The number of amides is 1. The molecule has 1 aliphatic heterocycles. The Labute approximate surface area is 164 Å². The summed E-state index contributed by atoms with van der Waals surface area (Å²) in [6.07, 6.45) is -1.54. The van der Waals surface area contributed by atoms with Crippen LogP contribution in [0.25, 0.3) is 5.65 Å². The van der Waals surface area contributed by atoms with Gasteiger partial charge in [0.25, 0.3) is 12.3 Å². The molecule has 1 aromatic carbocycles. The first kappa shape index (κ1) is 20.4. The van der Waals surface area contributed by atoms with E-state index in [-0.39, 0.29) is 23.5 Å². The molecule has 0 spiro atoms. The standard InChI is InChI=1S/C17H14F3N5O2.C2H6/c18-10-1-2-12-9(5-10)6-21-14-3-4-25-16(24-14)11(7-23-25)17(26)22-8-13(27-12)15(19)20;1-2/h1-5,7,13,15H,6,8H2,(H,21,24)(H,22,26);1-2H3. The zero-order chi connectivity index (χ0) is 21.0. The molecule has 1 atom stereocenters. The maximum absolute atomic E-state index is 13.6. The van der Waals surface area contributed by atoms with E-state index in [1.54, 1.807) is 12.3 Å². The van der Waals surface area contributed by atoms with Crippen LogP contribution in [0.1, 0.15) is 29.8 Å². The van der Waals surface area contributed by atoms with Crippen LogP contribution in [0.3, 0.4) is 0 Å². The second kappa shape index (κ2) is 8.80. The van der Waals surface area contributed by atoms with Gasteiger partial charge in [-0.05, 0) is 24.3 Å². The highest BCUT2D eigenvalue weighted by Crippen LogP contribution is 2.24. The third kappa shape index (κ3) is 4.41. The smallest absolute Gasteiger partial charge is 0.276 e. The van der Waals surface area contributed by atoms with Crippen molar-refractivity contribution < 1.29 is 22.7 Å². The molecular formula is C19H20F3N5O2. The molecule has 0 aliphatic carbocycles. The summed E-state index contributed by atoms with van der Waals surface area (Å²) in [6.45, 7) is 3.66. The molecule has 3 heterocycles. The number of nitrogens with zero attached hydrogens (tertiary/aromatic N) is 3. The van der Waals surface area contributed by atoms with Crippen molar-refractivity contribution in [3.05, 3.63) is 53.6 Å². The van der Waals surface area contributed by atoms with Crippen LogP contribution in [-0.2, 0) is 6.54 Å². The highest BCUT2D eigenvalue weighted by atomic mass is 19.3. The third-order valence-corrected chi connectivity index (χ3v) is 4.12. The van der Waals surface area contributed by atoms with Crippen LogP contribution < -0.4 is 15.4 Å². The molecule has 0 saturated carbocycles. The van der Waals surface area contributed by atoms with E-state index in [0.29, 0.717) is 11.4 Å². The Bertz CT molecular complexity index is 1010. The van der Waals surface area contributed by atoms with Crippen molar-refractivity contribution in [2.45, 2.75) is 32.9 Å². The highest BCUT2D eigenvalue weighted by molar-refractivity contribution is 5.99. The number of carbonyl (C=O) groups is 1. The van der Waals surface area contributed by atoms with Crippen molar-refractivity contribution in [2.24, 2.45) is 0 Å². The molecule has 2 bridgehead atoms. The fourth-order valence-electron chi connectivity index (χ4n) is 2.75. The lowest BCUT2D eigenvalue weighted by Gasteiger charge is -2.21. The lowest BCUT2D eigenvalue weighted by atomic mass is 10.2. The topological polar surface area (TPSA) is 80.5 Å². The number of nitrogens with one attached hydrogen (secondary N) is 2. The van der Waals surface area contributed by atoms with Crippen LogP contribution in [0, 0.1) is 5.82 Å². The second-order valence-corrected chi connectivity index (χ2v) is 5.95. The van der Waals surface area contributed by atoms with Crippen LogP contribution in [0.2, 0.25) is 0 Å². The van der Waals surface area contributed by atoms with Crippen molar-refractivity contribution in [3.63, 3.8) is 0 Å². The predicted octanol–water partition coefficient (Wildman–Crippen LogP) is 3.26. The van der Waals surface area contributed by atoms with Gasteiger partial charge < -0.3 is 15.4 Å². The molecule has 1 amide bonds. The van der Waals surface area contributed by atoms with E-state index in [2.05, 4.69) is 20.7 Å². The van der Waals surface area contributed by atoms with Crippen LogP contribution in [-0.4, -0.2) is 39.6 Å². The largest absolute Gasteiger partial charge is 0.482 e. The van der Waals surface area contributed by atoms with Gasteiger partial charge in [-0.25, -0.2) is 22.7 Å². The maximum Gasteiger partial charge on any atom is 0.276 e. The lowest BCUT2D eigenvalue weighted by molar-refractivity contribution is 0.0122. The average Bonchev–Trinajstić information content (AvgIpc) is 3.14. The number of benzene rings is 1. The van der Waals surface area contributed by atoms with Gasteiger partial charge in [-0.3, -0.25) is 4.79 Å². The van der Waals surface area contributed by atoms with Crippen molar-refractivity contribution in [1.29, 1.82) is 0 Å². The minimum absolute atomic E-state index is 0.0943. The highest BCUT2D eigenvalue weighted by Gasteiger charge is 2.26. The zero-order valence-corrected chi connectivity index (χ0v) is 15.8. The van der Waals surface area contributed by atoms with Crippen LogP contribution in [0.4, 0.5) is 19.0 Å². The summed E-state index contributed by atoms with van der Waals surface area (Å²) < 4.78 is 47.2. The number of alkyl halides is 2. The number of hydrogen-bond acceptors (Lipinski definition) is 5. The number of hydrogen-bond donors (Lipinski definition) is 2.